The molecule has 0 amide bonds. The monoisotopic (exact) mass is 224 g/mol. The van der Waals surface area contributed by atoms with Gasteiger partial charge in [-0.15, -0.1) is 0 Å². The zero-order chi connectivity index (χ0) is 11.9. The molecule has 0 heterocycles. The van der Waals surface area contributed by atoms with Crippen LogP contribution in [0.15, 0.2) is 18.2 Å². The number of hydrogen-bond acceptors (Lipinski definition) is 2. The van der Waals surface area contributed by atoms with Gasteiger partial charge < -0.3 is 5.11 Å². The third-order valence-corrected chi connectivity index (χ3v) is 2.77. The minimum Gasteiger partial charge on any atom is -0.508 e. The van der Waals surface area contributed by atoms with Gasteiger partial charge in [0.15, 0.2) is 0 Å². The van der Waals surface area contributed by atoms with Crippen LogP contribution in [-0.4, -0.2) is 5.11 Å². The molecule has 2 heteroatoms. The van der Waals surface area contributed by atoms with Gasteiger partial charge in [-0.3, -0.25) is 0 Å². The van der Waals surface area contributed by atoms with E-state index in [0.29, 0.717) is 5.75 Å². The molecule has 0 aliphatic carbocycles. The summed E-state index contributed by atoms with van der Waals surface area (Å²) in [5, 5.41) is 9.96. The molecular weight excluding hydrogens is 204 g/mol. The van der Waals surface area contributed by atoms with Crippen LogP contribution >= 0.6 is 12.6 Å². The van der Waals surface area contributed by atoms with E-state index in [2.05, 4.69) is 33.4 Å². The van der Waals surface area contributed by atoms with E-state index in [-0.39, 0.29) is 10.2 Å². The number of benzene rings is 1. The van der Waals surface area contributed by atoms with Crippen LogP contribution in [0.5, 0.6) is 5.75 Å². The van der Waals surface area contributed by atoms with Crippen molar-refractivity contribution in [1.29, 1.82) is 0 Å². The van der Waals surface area contributed by atoms with E-state index in [0.717, 1.165) is 11.1 Å². The molecule has 1 nitrogen and oxygen atoms in total. The molecule has 0 saturated carbocycles. The Labute approximate surface area is 97.9 Å². The van der Waals surface area contributed by atoms with Gasteiger partial charge in [0, 0.05) is 4.75 Å². The number of rotatable bonds is 1. The highest BCUT2D eigenvalue weighted by molar-refractivity contribution is 7.81. The smallest absolute Gasteiger partial charge is 0.119 e. The maximum Gasteiger partial charge on any atom is 0.119 e. The van der Waals surface area contributed by atoms with E-state index < -0.39 is 0 Å². The van der Waals surface area contributed by atoms with Crippen molar-refractivity contribution in [2.75, 3.05) is 0 Å². The summed E-state index contributed by atoms with van der Waals surface area (Å²) in [6, 6.07) is 5.84. The summed E-state index contributed by atoms with van der Waals surface area (Å²) in [7, 11) is 0. The topological polar surface area (TPSA) is 20.2 Å². The summed E-state index contributed by atoms with van der Waals surface area (Å²) in [6.45, 7) is 10.3. The van der Waals surface area contributed by atoms with Crippen molar-refractivity contribution in [2.24, 2.45) is 0 Å². The van der Waals surface area contributed by atoms with Gasteiger partial charge in [-0.25, -0.2) is 0 Å². The highest BCUT2D eigenvalue weighted by Gasteiger charge is 2.21. The van der Waals surface area contributed by atoms with E-state index in [9.17, 15) is 5.11 Å². The zero-order valence-electron chi connectivity index (χ0n) is 10.1. The quantitative estimate of drug-likeness (QED) is 0.694. The second kappa shape index (κ2) is 3.75. The van der Waals surface area contributed by atoms with Crippen LogP contribution in [0.25, 0.3) is 0 Å². The summed E-state index contributed by atoms with van der Waals surface area (Å²) < 4.78 is -0.214. The molecular formula is C13H20OS. The lowest BCUT2D eigenvalue weighted by atomic mass is 9.85. The third kappa shape index (κ3) is 2.91. The van der Waals surface area contributed by atoms with Gasteiger partial charge >= 0.3 is 0 Å². The van der Waals surface area contributed by atoms with Crippen LogP contribution in [0.1, 0.15) is 45.7 Å². The Morgan fingerprint density at radius 1 is 1.07 bits per heavy atom. The highest BCUT2D eigenvalue weighted by atomic mass is 32.1. The van der Waals surface area contributed by atoms with Crippen molar-refractivity contribution in [3.05, 3.63) is 29.3 Å². The van der Waals surface area contributed by atoms with Crippen LogP contribution in [0.2, 0.25) is 0 Å². The van der Waals surface area contributed by atoms with Crippen molar-refractivity contribution in [1.82, 2.24) is 0 Å². The summed E-state index contributed by atoms with van der Waals surface area (Å²) >= 11 is 4.49. The lowest BCUT2D eigenvalue weighted by Gasteiger charge is -2.24. The lowest BCUT2D eigenvalue weighted by molar-refractivity contribution is 0.445. The average Bonchev–Trinajstić information content (AvgIpc) is 1.99. The molecule has 0 fully saturated rings. The second-order valence-electron chi connectivity index (χ2n) is 5.54. The van der Waals surface area contributed by atoms with E-state index in [1.807, 2.05) is 32.0 Å². The first-order chi connectivity index (χ1) is 6.62. The normalized spacial score (nSPS) is 12.9. The van der Waals surface area contributed by atoms with Gasteiger partial charge in [-0.2, -0.15) is 12.6 Å². The van der Waals surface area contributed by atoms with E-state index in [1.54, 1.807) is 0 Å². The van der Waals surface area contributed by atoms with Crippen molar-refractivity contribution in [3.63, 3.8) is 0 Å². The van der Waals surface area contributed by atoms with Gasteiger partial charge in [-0.05, 0) is 36.5 Å². The number of phenols is 1. The first-order valence-corrected chi connectivity index (χ1v) is 5.63. The molecule has 0 bridgehead atoms. The fourth-order valence-electron chi connectivity index (χ4n) is 1.55. The van der Waals surface area contributed by atoms with Crippen LogP contribution in [0, 0.1) is 0 Å². The van der Waals surface area contributed by atoms with Gasteiger partial charge in [0.05, 0.1) is 0 Å². The largest absolute Gasteiger partial charge is 0.508 e. The van der Waals surface area contributed by atoms with Gasteiger partial charge in [-0.1, -0.05) is 32.9 Å². The van der Waals surface area contributed by atoms with Gasteiger partial charge in [0.1, 0.15) is 5.75 Å². The maximum absolute atomic E-state index is 9.96. The maximum atomic E-state index is 9.96. The van der Waals surface area contributed by atoms with Crippen molar-refractivity contribution in [2.45, 2.75) is 44.8 Å². The van der Waals surface area contributed by atoms with Crippen molar-refractivity contribution in [3.8, 4) is 5.75 Å². The molecule has 0 spiro atoms. The van der Waals surface area contributed by atoms with Gasteiger partial charge in [0.25, 0.3) is 0 Å². The van der Waals surface area contributed by atoms with Crippen LogP contribution in [0.4, 0.5) is 0 Å². The minimum atomic E-state index is -0.214. The Bertz CT molecular complexity index is 356. The molecule has 0 saturated heterocycles. The Morgan fingerprint density at radius 2 is 1.60 bits per heavy atom. The molecule has 0 aliphatic heterocycles. The number of phenolic OH excluding ortho intramolecular Hbond substituents is 1. The minimum absolute atomic E-state index is 0.0244. The van der Waals surface area contributed by atoms with Crippen LogP contribution < -0.4 is 0 Å². The molecule has 0 radical (unpaired) electrons. The molecule has 0 atom stereocenters. The zero-order valence-corrected chi connectivity index (χ0v) is 11.0. The molecule has 1 aromatic rings. The Hall–Kier alpha value is -0.630. The molecule has 0 unspecified atom stereocenters. The van der Waals surface area contributed by atoms with E-state index in [1.165, 1.54) is 0 Å². The van der Waals surface area contributed by atoms with Gasteiger partial charge in [0.2, 0.25) is 0 Å². The van der Waals surface area contributed by atoms with Crippen LogP contribution in [-0.2, 0) is 10.2 Å². The van der Waals surface area contributed by atoms with Crippen molar-refractivity contribution >= 4 is 12.6 Å². The molecule has 1 aromatic carbocycles. The second-order valence-corrected chi connectivity index (χ2v) is 6.66. The Morgan fingerprint density at radius 3 is 1.93 bits per heavy atom. The summed E-state index contributed by atoms with van der Waals surface area (Å²) in [5.41, 5.74) is 1.99. The Kier molecular flexibility index (Phi) is 3.11. The van der Waals surface area contributed by atoms with E-state index in [4.69, 9.17) is 0 Å². The van der Waals surface area contributed by atoms with Crippen LogP contribution in [0.3, 0.4) is 0 Å². The number of aromatic hydroxyl groups is 1. The predicted octanol–water partition coefficient (Wildman–Crippen LogP) is 3.85. The van der Waals surface area contributed by atoms with Crippen molar-refractivity contribution < 1.29 is 5.11 Å². The lowest BCUT2D eigenvalue weighted by Crippen LogP contribution is -2.13. The first-order valence-electron chi connectivity index (χ1n) is 5.19. The number of hydrogen-bond donors (Lipinski definition) is 2. The standard InChI is InChI=1S/C13H20OS/c1-12(2,3)10-7-6-9(8-11(10)14)13(4,5)15/h6-8,14-15H,1-5H3. The molecule has 1 N–H and O–H groups in total. The molecule has 0 aromatic heterocycles. The molecule has 1 rings (SSSR count). The fraction of sp³-hybridized carbons (Fsp3) is 0.538. The molecule has 15 heavy (non-hydrogen) atoms. The fourth-order valence-corrected chi connectivity index (χ4v) is 1.69. The first kappa shape index (κ1) is 12.4. The molecule has 84 valence electrons. The average molecular weight is 224 g/mol. The predicted molar refractivity (Wildman–Crippen MR) is 68.8 cm³/mol. The summed E-state index contributed by atoms with van der Waals surface area (Å²) in [6.07, 6.45) is 0. The SMILES string of the molecule is CC(C)(C)c1ccc(C(C)(C)S)cc1O. The third-order valence-electron chi connectivity index (χ3n) is 2.51. The van der Waals surface area contributed by atoms with E-state index >= 15 is 0 Å². The number of thiol groups is 1. The molecule has 0 aliphatic rings. The highest BCUT2D eigenvalue weighted by Crippen LogP contribution is 2.35. The summed E-state index contributed by atoms with van der Waals surface area (Å²) in [4.78, 5) is 0. The Balaban J connectivity index is 3.21. The summed E-state index contributed by atoms with van der Waals surface area (Å²) in [5.74, 6) is 0.363.